The molecule has 0 fully saturated rings. The molecule has 0 aromatic heterocycles. The maximum absolute atomic E-state index is 11.9. The van der Waals surface area contributed by atoms with Crippen molar-refractivity contribution in [2.45, 2.75) is 0 Å². The van der Waals surface area contributed by atoms with E-state index in [1.165, 1.54) is 25.3 Å². The van der Waals surface area contributed by atoms with Gasteiger partial charge in [0.1, 0.15) is 17.1 Å². The SMILES string of the molecule is COc1cccc(OC(=O)C2=C(C(=O)O)C=NS2(=O)=O)c1. The summed E-state index contributed by atoms with van der Waals surface area (Å²) in [7, 11) is -2.95. The van der Waals surface area contributed by atoms with Gasteiger partial charge in [-0.2, -0.15) is 12.8 Å². The second-order valence-electron chi connectivity index (χ2n) is 3.83. The summed E-state index contributed by atoms with van der Waals surface area (Å²) < 4.78 is 36.0. The molecule has 0 bridgehead atoms. The van der Waals surface area contributed by atoms with Gasteiger partial charge in [0.15, 0.2) is 4.91 Å². The molecule has 0 unspecified atom stereocenters. The van der Waals surface area contributed by atoms with Crippen molar-refractivity contribution in [3.8, 4) is 11.5 Å². The molecule has 8 nitrogen and oxygen atoms in total. The van der Waals surface area contributed by atoms with Crippen LogP contribution in [0.25, 0.3) is 0 Å². The molecule has 0 spiro atoms. The molecule has 2 rings (SSSR count). The number of benzene rings is 1. The fraction of sp³-hybridized carbons (Fsp3) is 0.0833. The molecule has 1 heterocycles. The largest absolute Gasteiger partial charge is 0.497 e. The third kappa shape index (κ3) is 2.92. The van der Waals surface area contributed by atoms with E-state index in [1.807, 2.05) is 0 Å². The minimum atomic E-state index is -4.35. The molecule has 0 amide bonds. The molecule has 0 atom stereocenters. The van der Waals surface area contributed by atoms with Gasteiger partial charge in [0.05, 0.1) is 13.3 Å². The molecule has 1 aliphatic rings. The number of hydrogen-bond donors (Lipinski definition) is 1. The van der Waals surface area contributed by atoms with Crippen LogP contribution in [0.1, 0.15) is 0 Å². The summed E-state index contributed by atoms with van der Waals surface area (Å²) in [4.78, 5) is 21.8. The van der Waals surface area contributed by atoms with Gasteiger partial charge in [-0.1, -0.05) is 6.07 Å². The van der Waals surface area contributed by atoms with Gasteiger partial charge in [0.2, 0.25) is 0 Å². The van der Waals surface area contributed by atoms with E-state index in [-0.39, 0.29) is 5.75 Å². The normalized spacial score (nSPS) is 15.9. The van der Waals surface area contributed by atoms with E-state index in [0.717, 1.165) is 0 Å². The predicted molar refractivity (Wildman–Crippen MR) is 70.7 cm³/mol. The van der Waals surface area contributed by atoms with Crippen molar-refractivity contribution in [1.29, 1.82) is 0 Å². The number of esters is 1. The van der Waals surface area contributed by atoms with Gasteiger partial charge in [-0.05, 0) is 12.1 Å². The number of methoxy groups -OCH3 is 1. The second-order valence-corrected chi connectivity index (χ2v) is 5.40. The summed E-state index contributed by atoms with van der Waals surface area (Å²) in [6, 6.07) is 5.85. The summed E-state index contributed by atoms with van der Waals surface area (Å²) in [5, 5.41) is 8.87. The number of carbonyl (C=O) groups is 2. The Kier molecular flexibility index (Phi) is 3.76. The fourth-order valence-corrected chi connectivity index (χ4v) is 2.58. The molecule has 0 radical (unpaired) electrons. The summed E-state index contributed by atoms with van der Waals surface area (Å²) in [5.41, 5.74) is -0.733. The second kappa shape index (κ2) is 5.37. The average Bonchev–Trinajstić information content (AvgIpc) is 2.74. The highest BCUT2D eigenvalue weighted by Crippen LogP contribution is 2.24. The van der Waals surface area contributed by atoms with E-state index in [2.05, 4.69) is 4.40 Å². The number of hydrogen-bond acceptors (Lipinski definition) is 6. The van der Waals surface area contributed by atoms with Crippen LogP contribution >= 0.6 is 0 Å². The zero-order valence-electron chi connectivity index (χ0n) is 10.6. The third-order valence-electron chi connectivity index (χ3n) is 2.49. The highest BCUT2D eigenvalue weighted by molar-refractivity contribution is 7.95. The first kappa shape index (κ1) is 14.7. The maximum Gasteiger partial charge on any atom is 0.358 e. The highest BCUT2D eigenvalue weighted by atomic mass is 32.2. The zero-order valence-corrected chi connectivity index (χ0v) is 11.5. The molecular formula is C12H9NO7S. The summed E-state index contributed by atoms with van der Waals surface area (Å²) in [6.07, 6.45) is 0.597. The molecule has 1 aromatic carbocycles. The Morgan fingerprint density at radius 1 is 1.24 bits per heavy atom. The summed E-state index contributed by atoms with van der Waals surface area (Å²) in [5.74, 6) is -2.51. The van der Waals surface area contributed by atoms with Crippen molar-refractivity contribution >= 4 is 28.2 Å². The number of carboxylic acids is 1. The standard InChI is InChI=1S/C12H9NO7S/c1-19-7-3-2-4-8(5-7)20-12(16)10-9(11(14)15)6-13-21(10,17)18/h2-6H,1H3,(H,14,15). The lowest BCUT2D eigenvalue weighted by atomic mass is 10.2. The maximum atomic E-state index is 11.9. The van der Waals surface area contributed by atoms with Crippen molar-refractivity contribution in [2.75, 3.05) is 7.11 Å². The van der Waals surface area contributed by atoms with Crippen LogP contribution in [-0.2, 0) is 19.6 Å². The summed E-state index contributed by atoms with van der Waals surface area (Å²) in [6.45, 7) is 0. The van der Waals surface area contributed by atoms with E-state index in [9.17, 15) is 18.0 Å². The van der Waals surface area contributed by atoms with Gasteiger partial charge in [-0.3, -0.25) is 0 Å². The van der Waals surface area contributed by atoms with Gasteiger partial charge >= 0.3 is 11.9 Å². The first-order valence-corrected chi connectivity index (χ1v) is 6.93. The number of carbonyl (C=O) groups excluding carboxylic acids is 1. The molecule has 0 saturated carbocycles. The van der Waals surface area contributed by atoms with Crippen LogP contribution in [0.4, 0.5) is 0 Å². The number of rotatable bonds is 4. The van der Waals surface area contributed by atoms with Crippen LogP contribution in [0.3, 0.4) is 0 Å². The average molecular weight is 311 g/mol. The van der Waals surface area contributed by atoms with Crippen molar-refractivity contribution < 1.29 is 32.6 Å². The van der Waals surface area contributed by atoms with E-state index in [4.69, 9.17) is 14.6 Å². The molecule has 1 aromatic rings. The van der Waals surface area contributed by atoms with E-state index in [1.54, 1.807) is 6.07 Å². The lowest BCUT2D eigenvalue weighted by molar-refractivity contribution is -0.133. The Bertz CT molecular complexity index is 777. The number of carboxylic acid groups (broad SMARTS) is 1. The van der Waals surface area contributed by atoms with Crippen LogP contribution in [0.5, 0.6) is 11.5 Å². The van der Waals surface area contributed by atoms with Gasteiger partial charge in [0.25, 0.3) is 10.0 Å². The predicted octanol–water partition coefficient (Wildman–Crippen LogP) is 0.353. The lowest BCUT2D eigenvalue weighted by Crippen LogP contribution is -2.19. The minimum absolute atomic E-state index is 0.0127. The van der Waals surface area contributed by atoms with E-state index < -0.39 is 32.4 Å². The highest BCUT2D eigenvalue weighted by Gasteiger charge is 2.37. The fourth-order valence-electron chi connectivity index (χ4n) is 1.56. The number of nitrogens with zero attached hydrogens (tertiary/aromatic N) is 1. The molecular weight excluding hydrogens is 302 g/mol. The van der Waals surface area contributed by atoms with Crippen LogP contribution in [0.15, 0.2) is 39.1 Å². The Labute approximate surface area is 119 Å². The first-order chi connectivity index (χ1) is 9.85. The Morgan fingerprint density at radius 2 is 1.90 bits per heavy atom. The lowest BCUT2D eigenvalue weighted by Gasteiger charge is -2.06. The molecule has 1 N–H and O–H groups in total. The number of ether oxygens (including phenoxy) is 2. The Balaban J connectivity index is 2.35. The van der Waals surface area contributed by atoms with Crippen molar-refractivity contribution in [1.82, 2.24) is 0 Å². The smallest absolute Gasteiger partial charge is 0.358 e. The summed E-state index contributed by atoms with van der Waals surface area (Å²) >= 11 is 0. The zero-order chi connectivity index (χ0) is 15.6. The van der Waals surface area contributed by atoms with Crippen LogP contribution in [0.2, 0.25) is 0 Å². The van der Waals surface area contributed by atoms with Crippen LogP contribution in [-0.4, -0.2) is 38.8 Å². The Hall–Kier alpha value is -2.68. The minimum Gasteiger partial charge on any atom is -0.497 e. The van der Waals surface area contributed by atoms with Crippen molar-refractivity contribution in [2.24, 2.45) is 4.40 Å². The van der Waals surface area contributed by atoms with E-state index in [0.29, 0.717) is 12.0 Å². The monoisotopic (exact) mass is 311 g/mol. The topological polar surface area (TPSA) is 119 Å². The number of sulfonamides is 1. The van der Waals surface area contributed by atoms with E-state index >= 15 is 0 Å². The molecule has 110 valence electrons. The van der Waals surface area contributed by atoms with Gasteiger partial charge < -0.3 is 14.6 Å². The van der Waals surface area contributed by atoms with Crippen LogP contribution < -0.4 is 9.47 Å². The molecule has 0 aliphatic carbocycles. The molecule has 1 aliphatic heterocycles. The van der Waals surface area contributed by atoms with Crippen LogP contribution in [0, 0.1) is 0 Å². The van der Waals surface area contributed by atoms with Gasteiger partial charge in [-0.25, -0.2) is 9.59 Å². The van der Waals surface area contributed by atoms with Crippen molar-refractivity contribution in [3.05, 3.63) is 34.7 Å². The van der Waals surface area contributed by atoms with Crippen molar-refractivity contribution in [3.63, 3.8) is 0 Å². The van der Waals surface area contributed by atoms with Gasteiger partial charge in [-0.15, -0.1) is 0 Å². The molecule has 0 saturated heterocycles. The Morgan fingerprint density at radius 3 is 2.52 bits per heavy atom. The number of aliphatic carboxylic acids is 1. The third-order valence-corrected chi connectivity index (χ3v) is 3.78. The molecule has 21 heavy (non-hydrogen) atoms. The molecule has 9 heteroatoms. The first-order valence-electron chi connectivity index (χ1n) is 5.49. The quantitative estimate of drug-likeness (QED) is 0.629. The van der Waals surface area contributed by atoms with Gasteiger partial charge in [0, 0.05) is 6.07 Å².